The van der Waals surface area contributed by atoms with Gasteiger partial charge in [-0.1, -0.05) is 22.9 Å². The first-order valence-corrected chi connectivity index (χ1v) is 10.4. The van der Waals surface area contributed by atoms with Gasteiger partial charge in [-0.15, -0.1) is 0 Å². The van der Waals surface area contributed by atoms with Gasteiger partial charge in [-0.3, -0.25) is 4.79 Å². The van der Waals surface area contributed by atoms with Crippen LogP contribution in [0.4, 0.5) is 0 Å². The highest BCUT2D eigenvalue weighted by Crippen LogP contribution is 2.29. The molecule has 27 heavy (non-hydrogen) atoms. The maximum absolute atomic E-state index is 13.0. The molecular weight excluding hydrogens is 368 g/mol. The molecule has 1 fully saturated rings. The Bertz CT molecular complexity index is 945. The zero-order valence-corrected chi connectivity index (χ0v) is 16.8. The molecule has 1 aliphatic rings. The van der Waals surface area contributed by atoms with Gasteiger partial charge < -0.3 is 9.26 Å². The minimum atomic E-state index is -3.76. The van der Waals surface area contributed by atoms with Gasteiger partial charge in [-0.25, -0.2) is 8.42 Å². The average Bonchev–Trinajstić information content (AvgIpc) is 2.96. The second kappa shape index (κ2) is 7.44. The standard InChI is InChI=1S/C19H24N2O5S/c1-12-7-8-17(13(2)10-12)25-19(22)16-6-5-9-21(11-16)27(23,24)18-14(3)20-26-15(18)4/h7-8,10,16H,5-6,9,11H2,1-4H3. The number of sulfonamides is 1. The molecule has 1 unspecified atom stereocenters. The Balaban J connectivity index is 1.76. The van der Waals surface area contributed by atoms with Gasteiger partial charge in [0, 0.05) is 13.1 Å². The van der Waals surface area contributed by atoms with Crippen molar-refractivity contribution in [3.8, 4) is 5.75 Å². The molecular formula is C19H24N2O5S. The topological polar surface area (TPSA) is 89.7 Å². The lowest BCUT2D eigenvalue weighted by Crippen LogP contribution is -2.43. The van der Waals surface area contributed by atoms with Crippen LogP contribution in [-0.4, -0.2) is 36.9 Å². The molecule has 0 aliphatic carbocycles. The molecule has 0 bridgehead atoms. The summed E-state index contributed by atoms with van der Waals surface area (Å²) >= 11 is 0. The maximum atomic E-state index is 13.0. The maximum Gasteiger partial charge on any atom is 0.315 e. The highest BCUT2D eigenvalue weighted by Gasteiger charge is 2.37. The number of aryl methyl sites for hydroxylation is 4. The molecule has 2 aromatic rings. The van der Waals surface area contributed by atoms with Crippen molar-refractivity contribution in [3.05, 3.63) is 40.8 Å². The summed E-state index contributed by atoms with van der Waals surface area (Å²) in [7, 11) is -3.76. The lowest BCUT2D eigenvalue weighted by Gasteiger charge is -2.30. The van der Waals surface area contributed by atoms with Crippen molar-refractivity contribution in [2.45, 2.75) is 45.4 Å². The van der Waals surface area contributed by atoms with Crippen molar-refractivity contribution in [1.29, 1.82) is 0 Å². The van der Waals surface area contributed by atoms with E-state index in [1.807, 2.05) is 26.0 Å². The van der Waals surface area contributed by atoms with Gasteiger partial charge in [0.2, 0.25) is 10.0 Å². The monoisotopic (exact) mass is 392 g/mol. The number of nitrogens with zero attached hydrogens (tertiary/aromatic N) is 2. The Morgan fingerprint density at radius 3 is 2.63 bits per heavy atom. The first-order valence-electron chi connectivity index (χ1n) is 8.92. The van der Waals surface area contributed by atoms with Crippen LogP contribution < -0.4 is 4.74 Å². The number of carbonyl (C=O) groups excluding carboxylic acids is 1. The summed E-state index contributed by atoms with van der Waals surface area (Å²) in [6.07, 6.45) is 1.19. The van der Waals surface area contributed by atoms with Gasteiger partial charge in [0.15, 0.2) is 5.76 Å². The van der Waals surface area contributed by atoms with E-state index in [2.05, 4.69) is 5.16 Å². The van der Waals surface area contributed by atoms with Crippen molar-refractivity contribution in [1.82, 2.24) is 9.46 Å². The SMILES string of the molecule is Cc1ccc(OC(=O)C2CCCN(S(=O)(=O)c3c(C)noc3C)C2)c(C)c1. The molecule has 0 saturated carbocycles. The summed E-state index contributed by atoms with van der Waals surface area (Å²) in [5.41, 5.74) is 2.29. The van der Waals surface area contributed by atoms with E-state index >= 15 is 0 Å². The van der Waals surface area contributed by atoms with E-state index in [4.69, 9.17) is 9.26 Å². The van der Waals surface area contributed by atoms with Crippen LogP contribution in [0.15, 0.2) is 27.6 Å². The van der Waals surface area contributed by atoms with Crippen molar-refractivity contribution in [3.63, 3.8) is 0 Å². The van der Waals surface area contributed by atoms with Crippen LogP contribution in [0.5, 0.6) is 5.75 Å². The van der Waals surface area contributed by atoms with Crippen LogP contribution in [0.1, 0.15) is 35.4 Å². The molecule has 1 atom stereocenters. The Labute approximate surface area is 159 Å². The molecule has 1 aromatic carbocycles. The Kier molecular flexibility index (Phi) is 5.39. The quantitative estimate of drug-likeness (QED) is 0.587. The molecule has 0 radical (unpaired) electrons. The third kappa shape index (κ3) is 3.91. The molecule has 1 saturated heterocycles. The van der Waals surface area contributed by atoms with Crippen molar-refractivity contribution >= 4 is 16.0 Å². The van der Waals surface area contributed by atoms with E-state index in [0.717, 1.165) is 11.1 Å². The molecule has 0 N–H and O–H groups in total. The summed E-state index contributed by atoms with van der Waals surface area (Å²) < 4.78 is 37.8. The number of piperidine rings is 1. The molecule has 8 heteroatoms. The number of rotatable bonds is 4. The van der Waals surface area contributed by atoms with Gasteiger partial charge >= 0.3 is 5.97 Å². The predicted octanol–water partition coefficient (Wildman–Crippen LogP) is 2.91. The normalized spacial score (nSPS) is 18.4. The molecule has 3 rings (SSSR count). The van der Waals surface area contributed by atoms with E-state index in [-0.39, 0.29) is 17.2 Å². The summed E-state index contributed by atoms with van der Waals surface area (Å²) in [4.78, 5) is 12.7. The summed E-state index contributed by atoms with van der Waals surface area (Å²) in [5.74, 6) is -0.140. The number of hydrogen-bond acceptors (Lipinski definition) is 6. The van der Waals surface area contributed by atoms with E-state index in [1.165, 1.54) is 4.31 Å². The molecule has 146 valence electrons. The summed E-state index contributed by atoms with van der Waals surface area (Å²) in [6, 6.07) is 5.59. The largest absolute Gasteiger partial charge is 0.426 e. The first-order chi connectivity index (χ1) is 12.7. The van der Waals surface area contributed by atoms with E-state index < -0.39 is 21.9 Å². The molecule has 1 aromatic heterocycles. The third-order valence-electron chi connectivity index (χ3n) is 4.82. The number of benzene rings is 1. The third-order valence-corrected chi connectivity index (χ3v) is 6.93. The zero-order chi connectivity index (χ0) is 19.8. The van der Waals surface area contributed by atoms with E-state index in [9.17, 15) is 13.2 Å². The number of carbonyl (C=O) groups is 1. The van der Waals surface area contributed by atoms with Crippen LogP contribution >= 0.6 is 0 Å². The summed E-state index contributed by atoms with van der Waals surface area (Å²) in [6.45, 7) is 7.47. The average molecular weight is 392 g/mol. The fourth-order valence-corrected chi connectivity index (χ4v) is 5.25. The minimum Gasteiger partial charge on any atom is -0.426 e. The van der Waals surface area contributed by atoms with Crippen molar-refractivity contribution in [2.24, 2.45) is 5.92 Å². The minimum absolute atomic E-state index is 0.0888. The Hall–Kier alpha value is -2.19. The van der Waals surface area contributed by atoms with Gasteiger partial charge in [0.05, 0.1) is 5.92 Å². The smallest absolute Gasteiger partial charge is 0.315 e. The van der Waals surface area contributed by atoms with Crippen LogP contribution in [0, 0.1) is 33.6 Å². The van der Waals surface area contributed by atoms with Crippen LogP contribution in [0.25, 0.3) is 0 Å². The van der Waals surface area contributed by atoms with Gasteiger partial charge in [0.1, 0.15) is 16.3 Å². The molecule has 1 aliphatic heterocycles. The zero-order valence-electron chi connectivity index (χ0n) is 16.0. The fourth-order valence-electron chi connectivity index (χ4n) is 3.43. The predicted molar refractivity (Wildman–Crippen MR) is 99.0 cm³/mol. The second-order valence-corrected chi connectivity index (χ2v) is 8.92. The van der Waals surface area contributed by atoms with Gasteiger partial charge in [-0.05, 0) is 52.2 Å². The summed E-state index contributed by atoms with van der Waals surface area (Å²) in [5, 5.41) is 3.73. The van der Waals surface area contributed by atoms with E-state index in [0.29, 0.717) is 30.8 Å². The van der Waals surface area contributed by atoms with Crippen LogP contribution in [0.3, 0.4) is 0 Å². The van der Waals surface area contributed by atoms with Gasteiger partial charge in [-0.2, -0.15) is 4.31 Å². The molecule has 7 nitrogen and oxygen atoms in total. The number of hydrogen-bond donors (Lipinski definition) is 0. The Morgan fingerprint density at radius 2 is 2.00 bits per heavy atom. The number of esters is 1. The molecule has 2 heterocycles. The first kappa shape index (κ1) is 19.6. The lowest BCUT2D eigenvalue weighted by atomic mass is 10.00. The number of ether oxygens (including phenoxy) is 1. The molecule has 0 amide bonds. The van der Waals surface area contributed by atoms with Gasteiger partial charge in [0.25, 0.3) is 0 Å². The lowest BCUT2D eigenvalue weighted by molar-refractivity contribution is -0.140. The second-order valence-electron chi connectivity index (χ2n) is 7.05. The van der Waals surface area contributed by atoms with Crippen LogP contribution in [-0.2, 0) is 14.8 Å². The van der Waals surface area contributed by atoms with E-state index in [1.54, 1.807) is 19.9 Å². The van der Waals surface area contributed by atoms with Crippen LogP contribution in [0.2, 0.25) is 0 Å². The van der Waals surface area contributed by atoms with Crippen molar-refractivity contribution < 1.29 is 22.5 Å². The number of aromatic nitrogens is 1. The Morgan fingerprint density at radius 1 is 1.26 bits per heavy atom. The van der Waals surface area contributed by atoms with Crippen molar-refractivity contribution in [2.75, 3.05) is 13.1 Å². The highest BCUT2D eigenvalue weighted by atomic mass is 32.2. The fraction of sp³-hybridized carbons (Fsp3) is 0.474. The molecule has 0 spiro atoms. The highest BCUT2D eigenvalue weighted by molar-refractivity contribution is 7.89.